The molecule has 0 bridgehead atoms. The standard InChI is InChI=1S/C9H17NO/c10-9(7-3-4-7)8(5-11)6-1-2-6/h6-9,11H,1-5,10H2/t8-,9-/m1/s1. The minimum Gasteiger partial charge on any atom is -0.396 e. The van der Waals surface area contributed by atoms with Crippen LogP contribution in [0.25, 0.3) is 0 Å². The second kappa shape index (κ2) is 2.76. The first-order valence-corrected chi connectivity index (χ1v) is 4.69. The molecule has 2 rings (SSSR count). The van der Waals surface area contributed by atoms with Gasteiger partial charge >= 0.3 is 0 Å². The summed E-state index contributed by atoms with van der Waals surface area (Å²) in [6.07, 6.45) is 5.19. The molecule has 0 heterocycles. The summed E-state index contributed by atoms with van der Waals surface area (Å²) < 4.78 is 0. The zero-order valence-electron chi connectivity index (χ0n) is 6.87. The molecule has 2 aliphatic rings. The number of rotatable bonds is 4. The molecule has 0 amide bonds. The average Bonchev–Trinajstić information content (AvgIpc) is 2.86. The van der Waals surface area contributed by atoms with Crippen LogP contribution < -0.4 is 5.73 Å². The summed E-state index contributed by atoms with van der Waals surface area (Å²) in [4.78, 5) is 0. The van der Waals surface area contributed by atoms with Crippen molar-refractivity contribution in [2.75, 3.05) is 6.61 Å². The Balaban J connectivity index is 1.86. The highest BCUT2D eigenvalue weighted by molar-refractivity contribution is 4.94. The minimum atomic E-state index is 0.299. The zero-order valence-corrected chi connectivity index (χ0v) is 6.87. The maximum atomic E-state index is 9.10. The Morgan fingerprint density at radius 3 is 2.09 bits per heavy atom. The molecule has 0 saturated heterocycles. The molecule has 2 nitrogen and oxygen atoms in total. The Labute approximate surface area is 67.8 Å². The van der Waals surface area contributed by atoms with E-state index < -0.39 is 0 Å². The molecule has 11 heavy (non-hydrogen) atoms. The fourth-order valence-corrected chi connectivity index (χ4v) is 1.94. The van der Waals surface area contributed by atoms with Gasteiger partial charge in [-0.1, -0.05) is 0 Å². The normalized spacial score (nSPS) is 30.0. The van der Waals surface area contributed by atoms with E-state index in [9.17, 15) is 0 Å². The van der Waals surface area contributed by atoms with Crippen LogP contribution in [0.1, 0.15) is 25.7 Å². The third-order valence-electron chi connectivity index (χ3n) is 3.10. The number of hydrogen-bond acceptors (Lipinski definition) is 2. The van der Waals surface area contributed by atoms with E-state index in [0.717, 1.165) is 11.8 Å². The van der Waals surface area contributed by atoms with Gasteiger partial charge in [0, 0.05) is 18.6 Å². The SMILES string of the molecule is N[C@H](C1CC1)[C@H](CO)C1CC1. The Morgan fingerprint density at radius 1 is 1.18 bits per heavy atom. The maximum Gasteiger partial charge on any atom is 0.0476 e. The highest BCUT2D eigenvalue weighted by Crippen LogP contribution is 2.43. The van der Waals surface area contributed by atoms with E-state index >= 15 is 0 Å². The lowest BCUT2D eigenvalue weighted by Crippen LogP contribution is -2.35. The minimum absolute atomic E-state index is 0.299. The predicted molar refractivity (Wildman–Crippen MR) is 44.0 cm³/mol. The van der Waals surface area contributed by atoms with Crippen LogP contribution >= 0.6 is 0 Å². The van der Waals surface area contributed by atoms with E-state index in [4.69, 9.17) is 10.8 Å². The van der Waals surface area contributed by atoms with Crippen LogP contribution in [0, 0.1) is 17.8 Å². The lowest BCUT2D eigenvalue weighted by atomic mass is 9.93. The Bertz CT molecular complexity index is 140. The van der Waals surface area contributed by atoms with Gasteiger partial charge in [-0.25, -0.2) is 0 Å². The van der Waals surface area contributed by atoms with Crippen LogP contribution in [0.2, 0.25) is 0 Å². The molecule has 0 aromatic rings. The van der Waals surface area contributed by atoms with E-state index in [1.807, 2.05) is 0 Å². The van der Waals surface area contributed by atoms with Gasteiger partial charge in [-0.3, -0.25) is 0 Å². The second-order valence-corrected chi connectivity index (χ2v) is 4.10. The molecular weight excluding hydrogens is 138 g/mol. The molecule has 0 aromatic carbocycles. The topological polar surface area (TPSA) is 46.2 Å². The smallest absolute Gasteiger partial charge is 0.0476 e. The van der Waals surface area contributed by atoms with E-state index in [0.29, 0.717) is 18.6 Å². The quantitative estimate of drug-likeness (QED) is 0.629. The number of aliphatic hydroxyl groups is 1. The van der Waals surface area contributed by atoms with E-state index in [-0.39, 0.29) is 0 Å². The first-order chi connectivity index (χ1) is 5.33. The van der Waals surface area contributed by atoms with E-state index in [1.54, 1.807) is 0 Å². The van der Waals surface area contributed by atoms with Gasteiger partial charge in [0.1, 0.15) is 0 Å². The van der Waals surface area contributed by atoms with Crippen LogP contribution in [0.3, 0.4) is 0 Å². The van der Waals surface area contributed by atoms with Crippen LogP contribution in [-0.2, 0) is 0 Å². The molecule has 2 fully saturated rings. The summed E-state index contributed by atoms with van der Waals surface area (Å²) in [5.74, 6) is 1.92. The lowest BCUT2D eigenvalue weighted by molar-refractivity contribution is 0.178. The van der Waals surface area contributed by atoms with Crippen molar-refractivity contribution in [2.45, 2.75) is 31.7 Å². The molecule has 64 valence electrons. The van der Waals surface area contributed by atoms with Gasteiger partial charge in [0.2, 0.25) is 0 Å². The summed E-state index contributed by atoms with van der Waals surface area (Å²) in [6.45, 7) is 0.308. The third kappa shape index (κ3) is 1.57. The third-order valence-corrected chi connectivity index (χ3v) is 3.10. The fraction of sp³-hybridized carbons (Fsp3) is 1.00. The fourth-order valence-electron chi connectivity index (χ4n) is 1.94. The van der Waals surface area contributed by atoms with Crippen molar-refractivity contribution in [3.05, 3.63) is 0 Å². The Hall–Kier alpha value is -0.0800. The van der Waals surface area contributed by atoms with Crippen molar-refractivity contribution < 1.29 is 5.11 Å². The largest absolute Gasteiger partial charge is 0.396 e. The van der Waals surface area contributed by atoms with Crippen LogP contribution in [0.15, 0.2) is 0 Å². The van der Waals surface area contributed by atoms with Crippen molar-refractivity contribution >= 4 is 0 Å². The van der Waals surface area contributed by atoms with Crippen molar-refractivity contribution in [1.29, 1.82) is 0 Å². The molecule has 0 aromatic heterocycles. The van der Waals surface area contributed by atoms with Gasteiger partial charge in [0.25, 0.3) is 0 Å². The van der Waals surface area contributed by atoms with Crippen molar-refractivity contribution in [3.8, 4) is 0 Å². The van der Waals surface area contributed by atoms with Crippen LogP contribution in [0.4, 0.5) is 0 Å². The van der Waals surface area contributed by atoms with Gasteiger partial charge in [-0.15, -0.1) is 0 Å². The van der Waals surface area contributed by atoms with Gasteiger partial charge in [0.15, 0.2) is 0 Å². The summed E-state index contributed by atoms with van der Waals surface area (Å²) >= 11 is 0. The van der Waals surface area contributed by atoms with Gasteiger partial charge < -0.3 is 10.8 Å². The summed E-state index contributed by atoms with van der Waals surface area (Å²) in [5, 5.41) is 9.10. The predicted octanol–water partition coefficient (Wildman–Crippen LogP) is 0.742. The summed E-state index contributed by atoms with van der Waals surface area (Å²) in [6, 6.07) is 0.299. The van der Waals surface area contributed by atoms with Crippen LogP contribution in [-0.4, -0.2) is 17.8 Å². The number of hydrogen-bond donors (Lipinski definition) is 2. The number of aliphatic hydroxyl groups excluding tert-OH is 1. The van der Waals surface area contributed by atoms with E-state index in [2.05, 4.69) is 0 Å². The molecule has 2 saturated carbocycles. The monoisotopic (exact) mass is 155 g/mol. The molecule has 3 N–H and O–H groups in total. The molecule has 0 radical (unpaired) electrons. The van der Waals surface area contributed by atoms with Gasteiger partial charge in [-0.05, 0) is 37.5 Å². The molecule has 2 aliphatic carbocycles. The lowest BCUT2D eigenvalue weighted by Gasteiger charge is -2.20. The first-order valence-electron chi connectivity index (χ1n) is 4.69. The van der Waals surface area contributed by atoms with E-state index in [1.165, 1.54) is 25.7 Å². The zero-order chi connectivity index (χ0) is 7.84. The Morgan fingerprint density at radius 2 is 1.73 bits per heavy atom. The number of nitrogens with two attached hydrogens (primary N) is 1. The van der Waals surface area contributed by atoms with Gasteiger partial charge in [-0.2, -0.15) is 0 Å². The second-order valence-electron chi connectivity index (χ2n) is 4.10. The van der Waals surface area contributed by atoms with Crippen molar-refractivity contribution in [2.24, 2.45) is 23.5 Å². The molecular formula is C9H17NO. The van der Waals surface area contributed by atoms with Gasteiger partial charge in [0.05, 0.1) is 0 Å². The molecule has 0 aliphatic heterocycles. The molecule has 2 atom stereocenters. The summed E-state index contributed by atoms with van der Waals surface area (Å²) in [5.41, 5.74) is 6.01. The summed E-state index contributed by atoms with van der Waals surface area (Å²) in [7, 11) is 0. The molecule has 2 heteroatoms. The van der Waals surface area contributed by atoms with Crippen molar-refractivity contribution in [3.63, 3.8) is 0 Å². The average molecular weight is 155 g/mol. The highest BCUT2D eigenvalue weighted by Gasteiger charge is 2.40. The van der Waals surface area contributed by atoms with Crippen molar-refractivity contribution in [1.82, 2.24) is 0 Å². The highest BCUT2D eigenvalue weighted by atomic mass is 16.3. The van der Waals surface area contributed by atoms with Crippen LogP contribution in [0.5, 0.6) is 0 Å². The Kier molecular flexibility index (Phi) is 1.90. The molecule has 0 spiro atoms. The maximum absolute atomic E-state index is 9.10. The first kappa shape index (κ1) is 7.56. The molecule has 0 unspecified atom stereocenters.